The molecule has 0 aliphatic rings. The molecule has 3 N–H and O–H groups in total. The first-order valence-electron chi connectivity index (χ1n) is 6.78. The van der Waals surface area contributed by atoms with E-state index in [4.69, 9.17) is 9.84 Å². The number of alkyl carbamates (subject to hydrolysis) is 1. The Kier molecular flexibility index (Phi) is 9.60. The zero-order chi connectivity index (χ0) is 16.4. The summed E-state index contributed by atoms with van der Waals surface area (Å²) in [5, 5.41) is 14.0. The van der Waals surface area contributed by atoms with E-state index in [0.29, 0.717) is 12.2 Å². The van der Waals surface area contributed by atoms with E-state index >= 15 is 0 Å². The van der Waals surface area contributed by atoms with Gasteiger partial charge in [0, 0.05) is 0 Å². The van der Waals surface area contributed by atoms with Crippen molar-refractivity contribution >= 4 is 29.7 Å². The van der Waals surface area contributed by atoms with Crippen molar-refractivity contribution in [2.75, 3.05) is 18.6 Å². The van der Waals surface area contributed by atoms with Crippen molar-refractivity contribution in [2.24, 2.45) is 5.92 Å². The van der Waals surface area contributed by atoms with Gasteiger partial charge in [-0.1, -0.05) is 13.8 Å². The van der Waals surface area contributed by atoms with Crippen LogP contribution in [0.5, 0.6) is 0 Å². The maximum absolute atomic E-state index is 12.2. The fraction of sp³-hybridized carbons (Fsp3) is 0.769. The van der Waals surface area contributed by atoms with Crippen LogP contribution in [0.25, 0.3) is 0 Å². The van der Waals surface area contributed by atoms with Gasteiger partial charge in [0.1, 0.15) is 12.1 Å². The number of carboxylic acids is 1. The highest BCUT2D eigenvalue weighted by atomic mass is 32.2. The molecule has 0 bridgehead atoms. The van der Waals surface area contributed by atoms with Crippen molar-refractivity contribution in [3.8, 4) is 0 Å². The summed E-state index contributed by atoms with van der Waals surface area (Å²) in [6, 6.07) is -1.80. The second-order valence-corrected chi connectivity index (χ2v) is 5.75. The Morgan fingerprint density at radius 3 is 2.29 bits per heavy atom. The molecule has 0 saturated heterocycles. The van der Waals surface area contributed by atoms with Crippen molar-refractivity contribution in [1.82, 2.24) is 10.6 Å². The quantitative estimate of drug-likeness (QED) is 0.587. The Morgan fingerprint density at radius 1 is 1.24 bits per heavy atom. The van der Waals surface area contributed by atoms with Crippen molar-refractivity contribution in [2.45, 2.75) is 39.3 Å². The van der Waals surface area contributed by atoms with E-state index in [1.165, 1.54) is 11.8 Å². The molecular weight excluding hydrogens is 296 g/mol. The second-order valence-electron chi connectivity index (χ2n) is 4.77. The van der Waals surface area contributed by atoms with E-state index in [1.54, 1.807) is 20.8 Å². The average molecular weight is 320 g/mol. The topological polar surface area (TPSA) is 105 Å². The molecule has 0 aromatic rings. The third-order valence-corrected chi connectivity index (χ3v) is 3.37. The molecule has 2 amide bonds. The molecule has 8 heteroatoms. The lowest BCUT2D eigenvalue weighted by Gasteiger charge is -2.23. The Balaban J connectivity index is 4.71. The van der Waals surface area contributed by atoms with Gasteiger partial charge in [-0.05, 0) is 31.3 Å². The van der Waals surface area contributed by atoms with Crippen molar-refractivity contribution in [3.63, 3.8) is 0 Å². The van der Waals surface area contributed by atoms with Gasteiger partial charge >= 0.3 is 12.1 Å². The highest BCUT2D eigenvalue weighted by Crippen LogP contribution is 2.06. The van der Waals surface area contributed by atoms with Crippen LogP contribution in [-0.4, -0.2) is 53.8 Å². The maximum atomic E-state index is 12.2. The molecule has 0 spiro atoms. The third kappa shape index (κ3) is 7.79. The molecule has 0 heterocycles. The van der Waals surface area contributed by atoms with Crippen molar-refractivity contribution in [3.05, 3.63) is 0 Å². The fourth-order valence-electron chi connectivity index (χ4n) is 1.59. The summed E-state index contributed by atoms with van der Waals surface area (Å²) < 4.78 is 4.74. The van der Waals surface area contributed by atoms with Crippen LogP contribution in [0.1, 0.15) is 27.2 Å². The SMILES string of the molecule is CCOC(=O)NC(C(=O)NC(CCSC)C(=O)O)C(C)C. The summed E-state index contributed by atoms with van der Waals surface area (Å²) in [5.74, 6) is -1.18. The predicted molar refractivity (Wildman–Crippen MR) is 81.3 cm³/mol. The first-order valence-corrected chi connectivity index (χ1v) is 8.18. The number of hydrogen-bond acceptors (Lipinski definition) is 5. The molecule has 2 atom stereocenters. The number of nitrogens with one attached hydrogen (secondary N) is 2. The largest absolute Gasteiger partial charge is 0.480 e. The number of aliphatic carboxylic acids is 1. The Morgan fingerprint density at radius 2 is 1.86 bits per heavy atom. The van der Waals surface area contributed by atoms with E-state index < -0.39 is 30.1 Å². The number of ether oxygens (including phenoxy) is 1. The lowest BCUT2D eigenvalue weighted by Crippen LogP contribution is -2.53. The predicted octanol–water partition coefficient (Wildman–Crippen LogP) is 1.08. The van der Waals surface area contributed by atoms with Crippen LogP contribution in [0.3, 0.4) is 0 Å². The first kappa shape index (κ1) is 19.6. The highest BCUT2D eigenvalue weighted by molar-refractivity contribution is 7.98. The number of hydrogen-bond donors (Lipinski definition) is 3. The minimum Gasteiger partial charge on any atom is -0.480 e. The van der Waals surface area contributed by atoms with Crippen LogP contribution in [-0.2, 0) is 14.3 Å². The number of amides is 2. The van der Waals surface area contributed by atoms with Gasteiger partial charge in [0.05, 0.1) is 6.61 Å². The fourth-order valence-corrected chi connectivity index (χ4v) is 2.06. The molecule has 0 saturated carbocycles. The van der Waals surface area contributed by atoms with Crippen LogP contribution >= 0.6 is 11.8 Å². The zero-order valence-corrected chi connectivity index (χ0v) is 13.7. The third-order valence-electron chi connectivity index (χ3n) is 2.72. The van der Waals surface area contributed by atoms with E-state index in [-0.39, 0.29) is 12.5 Å². The Hall–Kier alpha value is -1.44. The smallest absolute Gasteiger partial charge is 0.407 e. The van der Waals surface area contributed by atoms with Crippen molar-refractivity contribution < 1.29 is 24.2 Å². The maximum Gasteiger partial charge on any atom is 0.407 e. The van der Waals surface area contributed by atoms with Gasteiger partial charge in [-0.3, -0.25) is 4.79 Å². The van der Waals surface area contributed by atoms with Gasteiger partial charge in [-0.15, -0.1) is 0 Å². The molecule has 0 aliphatic heterocycles. The molecule has 0 fully saturated rings. The lowest BCUT2D eigenvalue weighted by atomic mass is 10.0. The number of carboxylic acid groups (broad SMARTS) is 1. The summed E-state index contributed by atoms with van der Waals surface area (Å²) in [4.78, 5) is 34.7. The van der Waals surface area contributed by atoms with Gasteiger partial charge in [0.15, 0.2) is 0 Å². The average Bonchev–Trinajstić information content (AvgIpc) is 2.40. The minimum absolute atomic E-state index is 0.190. The first-order chi connectivity index (χ1) is 9.83. The van der Waals surface area contributed by atoms with Gasteiger partial charge in [0.25, 0.3) is 0 Å². The highest BCUT2D eigenvalue weighted by Gasteiger charge is 2.28. The number of rotatable bonds is 9. The number of carbonyl (C=O) groups is 3. The Bertz CT molecular complexity index is 362. The summed E-state index contributed by atoms with van der Waals surface area (Å²) in [5.41, 5.74) is 0. The van der Waals surface area contributed by atoms with Gasteiger partial charge in [-0.2, -0.15) is 11.8 Å². The molecule has 0 radical (unpaired) electrons. The van der Waals surface area contributed by atoms with Gasteiger partial charge in [0.2, 0.25) is 5.91 Å². The summed E-state index contributed by atoms with van der Waals surface area (Å²) >= 11 is 1.50. The second kappa shape index (κ2) is 10.3. The van der Waals surface area contributed by atoms with Crippen molar-refractivity contribution in [1.29, 1.82) is 0 Å². The molecule has 7 nitrogen and oxygen atoms in total. The molecule has 0 aliphatic carbocycles. The lowest BCUT2D eigenvalue weighted by molar-refractivity contribution is -0.142. The van der Waals surface area contributed by atoms with E-state index in [2.05, 4.69) is 10.6 Å². The normalized spacial score (nSPS) is 13.4. The number of thioether (sulfide) groups is 1. The zero-order valence-electron chi connectivity index (χ0n) is 12.8. The van der Waals surface area contributed by atoms with Crippen LogP contribution in [0, 0.1) is 5.92 Å². The summed E-state index contributed by atoms with van der Waals surface area (Å²) in [6.07, 6.45) is 1.49. The molecule has 122 valence electrons. The molecular formula is C13H24N2O5S. The molecule has 0 aromatic heterocycles. The van der Waals surface area contributed by atoms with Crippen LogP contribution < -0.4 is 10.6 Å². The van der Waals surface area contributed by atoms with E-state index in [1.807, 2.05) is 6.26 Å². The molecule has 21 heavy (non-hydrogen) atoms. The minimum atomic E-state index is -1.09. The monoisotopic (exact) mass is 320 g/mol. The molecule has 0 rings (SSSR count). The Labute approximate surface area is 129 Å². The van der Waals surface area contributed by atoms with Crippen LogP contribution in [0.15, 0.2) is 0 Å². The number of carbonyl (C=O) groups excluding carboxylic acids is 2. The molecule has 2 unspecified atom stereocenters. The van der Waals surface area contributed by atoms with Gasteiger partial charge < -0.3 is 20.5 Å². The summed E-state index contributed by atoms with van der Waals surface area (Å²) in [7, 11) is 0. The van der Waals surface area contributed by atoms with E-state index in [9.17, 15) is 14.4 Å². The van der Waals surface area contributed by atoms with E-state index in [0.717, 1.165) is 0 Å². The van der Waals surface area contributed by atoms with Crippen LogP contribution in [0.4, 0.5) is 4.79 Å². The van der Waals surface area contributed by atoms with Crippen LogP contribution in [0.2, 0.25) is 0 Å². The standard InChI is InChI=1S/C13H24N2O5S/c1-5-20-13(19)15-10(8(2)3)11(16)14-9(12(17)18)6-7-21-4/h8-10H,5-7H2,1-4H3,(H,14,16)(H,15,19)(H,17,18). The molecule has 0 aromatic carbocycles. The summed E-state index contributed by atoms with van der Waals surface area (Å²) in [6.45, 7) is 5.37. The van der Waals surface area contributed by atoms with Gasteiger partial charge in [-0.25, -0.2) is 9.59 Å².